The van der Waals surface area contributed by atoms with E-state index < -0.39 is 23.1 Å². The highest BCUT2D eigenvalue weighted by Crippen LogP contribution is 2.28. The molecule has 17 nitrogen and oxygen atoms in total. The summed E-state index contributed by atoms with van der Waals surface area (Å²) in [7, 11) is 0. The van der Waals surface area contributed by atoms with Crippen molar-refractivity contribution < 1.29 is 47.8 Å². The molecule has 2 heterocycles. The first kappa shape index (κ1) is 38.0. The fourth-order valence-electron chi connectivity index (χ4n) is 5.15. The summed E-state index contributed by atoms with van der Waals surface area (Å²) < 4.78 is 25.9. The Labute approximate surface area is 279 Å². The van der Waals surface area contributed by atoms with E-state index in [1.807, 2.05) is 4.90 Å². The minimum Gasteiger partial charge on any atom is -0.463 e. The molecule has 0 spiro atoms. The van der Waals surface area contributed by atoms with Crippen molar-refractivity contribution in [3.05, 3.63) is 46.0 Å². The number of nitro benzene ring substituents is 1. The first-order chi connectivity index (χ1) is 23.0. The Bertz CT molecular complexity index is 1270. The van der Waals surface area contributed by atoms with Gasteiger partial charge in [0.15, 0.2) is 0 Å². The average Bonchev–Trinajstić information content (AvgIpc) is 3.07. The molecule has 0 radical (unpaired) electrons. The summed E-state index contributed by atoms with van der Waals surface area (Å²) in [6, 6.07) is 4.77. The van der Waals surface area contributed by atoms with Gasteiger partial charge in [0.1, 0.15) is 19.3 Å². The van der Waals surface area contributed by atoms with Gasteiger partial charge in [-0.05, 0) is 6.92 Å². The summed E-state index contributed by atoms with van der Waals surface area (Å²) in [5.41, 5.74) is 6.47. The molecule has 48 heavy (non-hydrogen) atoms. The van der Waals surface area contributed by atoms with Gasteiger partial charge in [0.05, 0.1) is 37.8 Å². The van der Waals surface area contributed by atoms with E-state index in [-0.39, 0.29) is 70.0 Å². The highest BCUT2D eigenvalue weighted by Gasteiger charge is 2.25. The lowest BCUT2D eigenvalue weighted by atomic mass is 10.0. The molecule has 3 rings (SSSR count). The number of ether oxygens (including phenoxy) is 5. The van der Waals surface area contributed by atoms with Crippen LogP contribution in [0.15, 0.2) is 24.8 Å². The number of piperazine rings is 2. The second kappa shape index (κ2) is 20.0. The van der Waals surface area contributed by atoms with Crippen LogP contribution in [0.3, 0.4) is 0 Å². The summed E-state index contributed by atoms with van der Waals surface area (Å²) in [6.45, 7) is 11.4. The van der Waals surface area contributed by atoms with Crippen LogP contribution in [-0.2, 0) is 39.7 Å². The number of nitro groups is 1. The zero-order valence-electron chi connectivity index (χ0n) is 27.4. The summed E-state index contributed by atoms with van der Waals surface area (Å²) in [4.78, 5) is 64.2. The summed E-state index contributed by atoms with van der Waals surface area (Å²) in [6.07, 6.45) is -1.84. The van der Waals surface area contributed by atoms with Crippen LogP contribution in [0.1, 0.15) is 30.9 Å². The minimum absolute atomic E-state index is 0.0131. The number of nitrogens with one attached hydrogen (secondary N) is 1. The zero-order valence-corrected chi connectivity index (χ0v) is 27.4. The molecular formula is C31H46N6O11. The smallest absolute Gasteiger partial charge is 0.409 e. The Kier molecular flexibility index (Phi) is 15.8. The van der Waals surface area contributed by atoms with Crippen molar-refractivity contribution in [1.82, 2.24) is 20.0 Å². The molecule has 2 aliphatic rings. The van der Waals surface area contributed by atoms with Gasteiger partial charge < -0.3 is 49.4 Å². The number of rotatable bonds is 18. The fraction of sp³-hybridized carbons (Fsp3) is 0.613. The summed E-state index contributed by atoms with van der Waals surface area (Å²) >= 11 is 0. The lowest BCUT2D eigenvalue weighted by Crippen LogP contribution is -2.47. The predicted molar refractivity (Wildman–Crippen MR) is 172 cm³/mol. The standard InChI is InChI=1S/C31H46N6O11/c1-23(48-30(32)40)21-26-4-3-25(22-27(26)37(42)43)24(2)34-11-13-35(14-12-34)28(38)5-6-29(39)46-19-17-44-15-16-45-18-20-47-31(41)36-9-7-33-8-10-36/h3-4,22-23,33H,2,5-21H2,1H3,(H2,32,40). The van der Waals surface area contributed by atoms with Gasteiger partial charge >= 0.3 is 18.2 Å². The van der Waals surface area contributed by atoms with Gasteiger partial charge in [-0.3, -0.25) is 19.7 Å². The molecule has 3 N–H and O–H groups in total. The molecule has 17 heteroatoms. The third-order valence-electron chi connectivity index (χ3n) is 7.69. The second-order valence-corrected chi connectivity index (χ2v) is 11.2. The molecule has 1 unspecified atom stereocenters. The molecule has 0 bridgehead atoms. The topological polar surface area (TPSA) is 205 Å². The van der Waals surface area contributed by atoms with Gasteiger partial charge in [0.2, 0.25) is 5.91 Å². The number of hydrogen-bond acceptors (Lipinski definition) is 13. The minimum atomic E-state index is -0.951. The number of hydrogen-bond donors (Lipinski definition) is 2. The molecule has 2 aliphatic heterocycles. The van der Waals surface area contributed by atoms with Crippen molar-refractivity contribution in [2.75, 3.05) is 92.0 Å². The number of nitrogens with zero attached hydrogens (tertiary/aromatic N) is 4. The molecule has 2 saturated heterocycles. The maximum atomic E-state index is 12.7. The van der Waals surface area contributed by atoms with Gasteiger partial charge in [0, 0.05) is 88.1 Å². The van der Waals surface area contributed by atoms with E-state index in [1.165, 1.54) is 6.07 Å². The SMILES string of the molecule is C=C(c1ccc(CC(C)OC(N)=O)c([N+](=O)[O-])c1)N1CCN(C(=O)CCC(=O)OCCOCCOCCOC(=O)N2CCNCC2)CC1. The number of esters is 1. The van der Waals surface area contributed by atoms with E-state index in [0.29, 0.717) is 62.7 Å². The molecule has 266 valence electrons. The normalized spacial score (nSPS) is 15.4. The molecule has 0 aromatic heterocycles. The highest BCUT2D eigenvalue weighted by atomic mass is 16.6. The number of amides is 3. The van der Waals surface area contributed by atoms with Crippen molar-refractivity contribution in [1.29, 1.82) is 0 Å². The van der Waals surface area contributed by atoms with Crippen molar-refractivity contribution >= 4 is 35.4 Å². The Morgan fingerprint density at radius 2 is 1.50 bits per heavy atom. The molecule has 2 fully saturated rings. The van der Waals surface area contributed by atoms with Crippen LogP contribution < -0.4 is 11.1 Å². The van der Waals surface area contributed by atoms with Crippen molar-refractivity contribution in [3.63, 3.8) is 0 Å². The third kappa shape index (κ3) is 13.0. The van der Waals surface area contributed by atoms with Crippen molar-refractivity contribution in [2.45, 2.75) is 32.3 Å². The number of carbonyl (C=O) groups excluding carboxylic acids is 4. The summed E-state index contributed by atoms with van der Waals surface area (Å²) in [5, 5.41) is 14.9. The summed E-state index contributed by atoms with van der Waals surface area (Å²) in [5.74, 6) is -0.668. The number of carbonyl (C=O) groups is 4. The van der Waals surface area contributed by atoms with Crippen LogP contribution in [-0.4, -0.2) is 142 Å². The highest BCUT2D eigenvalue weighted by molar-refractivity contribution is 5.81. The van der Waals surface area contributed by atoms with Crippen LogP contribution in [0.4, 0.5) is 15.3 Å². The van der Waals surface area contributed by atoms with E-state index in [1.54, 1.807) is 28.9 Å². The van der Waals surface area contributed by atoms with E-state index in [4.69, 9.17) is 29.4 Å². The Morgan fingerprint density at radius 3 is 2.12 bits per heavy atom. The van der Waals surface area contributed by atoms with Crippen molar-refractivity contribution in [3.8, 4) is 0 Å². The lowest BCUT2D eigenvalue weighted by Gasteiger charge is -2.37. The van der Waals surface area contributed by atoms with E-state index in [0.717, 1.165) is 13.1 Å². The molecule has 1 atom stereocenters. The largest absolute Gasteiger partial charge is 0.463 e. The van der Waals surface area contributed by atoms with E-state index >= 15 is 0 Å². The Hall–Kier alpha value is -4.48. The molecular weight excluding hydrogens is 632 g/mol. The third-order valence-corrected chi connectivity index (χ3v) is 7.69. The zero-order chi connectivity index (χ0) is 34.9. The Balaban J connectivity index is 1.25. The fourth-order valence-corrected chi connectivity index (χ4v) is 5.15. The van der Waals surface area contributed by atoms with Gasteiger partial charge in [-0.25, -0.2) is 9.59 Å². The number of nitrogens with two attached hydrogens (primary N) is 1. The lowest BCUT2D eigenvalue weighted by molar-refractivity contribution is -0.385. The molecule has 1 aromatic rings. The monoisotopic (exact) mass is 678 g/mol. The molecule has 3 amide bonds. The van der Waals surface area contributed by atoms with E-state index in [9.17, 15) is 29.3 Å². The first-order valence-electron chi connectivity index (χ1n) is 15.9. The van der Waals surface area contributed by atoms with Gasteiger partial charge in [-0.2, -0.15) is 0 Å². The molecule has 0 aliphatic carbocycles. The molecule has 1 aromatic carbocycles. The predicted octanol–water partition coefficient (Wildman–Crippen LogP) is 1.13. The maximum Gasteiger partial charge on any atom is 0.409 e. The van der Waals surface area contributed by atoms with Crippen molar-refractivity contribution in [2.24, 2.45) is 5.73 Å². The van der Waals surface area contributed by atoms with Gasteiger partial charge in [-0.15, -0.1) is 0 Å². The number of benzene rings is 1. The second-order valence-electron chi connectivity index (χ2n) is 11.2. The molecule has 0 saturated carbocycles. The first-order valence-corrected chi connectivity index (χ1v) is 15.9. The van der Waals surface area contributed by atoms with Crippen LogP contribution in [0.25, 0.3) is 5.70 Å². The number of primary amides is 1. The quantitative estimate of drug-likeness (QED) is 0.0736. The maximum absolute atomic E-state index is 12.7. The van der Waals surface area contributed by atoms with Crippen LogP contribution >= 0.6 is 0 Å². The van der Waals surface area contributed by atoms with Crippen LogP contribution in [0, 0.1) is 10.1 Å². The van der Waals surface area contributed by atoms with Crippen LogP contribution in [0.2, 0.25) is 0 Å². The van der Waals surface area contributed by atoms with Gasteiger partial charge in [-0.1, -0.05) is 18.7 Å². The Morgan fingerprint density at radius 1 is 0.896 bits per heavy atom. The van der Waals surface area contributed by atoms with Crippen LogP contribution in [0.5, 0.6) is 0 Å². The van der Waals surface area contributed by atoms with Gasteiger partial charge in [0.25, 0.3) is 5.69 Å². The average molecular weight is 679 g/mol. The van der Waals surface area contributed by atoms with E-state index in [2.05, 4.69) is 11.9 Å².